The van der Waals surface area contributed by atoms with Crippen LogP contribution in [0.2, 0.25) is 0 Å². The third-order valence-corrected chi connectivity index (χ3v) is 3.83. The van der Waals surface area contributed by atoms with Gasteiger partial charge in [0, 0.05) is 14.5 Å². The minimum absolute atomic E-state index is 0.0212. The smallest absolute Gasteiger partial charge is 0.186 e. The molecule has 0 N–H and O–H groups in total. The lowest BCUT2D eigenvalue weighted by atomic mass is 10.0. The zero-order chi connectivity index (χ0) is 13.8. The number of rotatable bonds is 3. The lowest BCUT2D eigenvalue weighted by molar-refractivity contribution is 0.104. The quantitative estimate of drug-likeness (QED) is 0.508. The minimum atomic E-state index is 0.0212. The van der Waals surface area contributed by atoms with E-state index in [0.717, 1.165) is 20.1 Å². The van der Waals surface area contributed by atoms with Crippen molar-refractivity contribution < 1.29 is 4.79 Å². The molecular weight excluding hydrogens is 368 g/mol. The Morgan fingerprint density at radius 2 is 1.26 bits per heavy atom. The molecule has 0 heterocycles. The third-order valence-electron chi connectivity index (χ3n) is 2.78. The molecule has 0 bridgehead atoms. The summed E-state index contributed by atoms with van der Waals surface area (Å²) in [6, 6.07) is 15.3. The highest BCUT2D eigenvalue weighted by atomic mass is 79.9. The Kier molecular flexibility index (Phi) is 4.72. The molecule has 0 unspecified atom stereocenters. The maximum Gasteiger partial charge on any atom is 0.186 e. The summed E-state index contributed by atoms with van der Waals surface area (Å²) < 4.78 is 2.00. The highest BCUT2D eigenvalue weighted by Gasteiger charge is 2.04. The van der Waals surface area contributed by atoms with Crippen LogP contribution in [0.3, 0.4) is 0 Å². The molecule has 0 aliphatic carbocycles. The summed E-state index contributed by atoms with van der Waals surface area (Å²) in [7, 11) is 0. The van der Waals surface area contributed by atoms with Crippen molar-refractivity contribution in [2.24, 2.45) is 0 Å². The Morgan fingerprint density at radius 1 is 0.842 bits per heavy atom. The van der Waals surface area contributed by atoms with E-state index in [9.17, 15) is 4.79 Å². The van der Waals surface area contributed by atoms with E-state index in [4.69, 9.17) is 0 Å². The third kappa shape index (κ3) is 3.88. The average Bonchev–Trinajstić information content (AvgIpc) is 2.40. The molecule has 0 aliphatic rings. The van der Waals surface area contributed by atoms with Crippen molar-refractivity contribution in [1.82, 2.24) is 0 Å². The summed E-state index contributed by atoms with van der Waals surface area (Å²) in [5.41, 5.74) is 2.70. The summed E-state index contributed by atoms with van der Waals surface area (Å²) >= 11 is 6.76. The number of allylic oxidation sites excluding steroid dienone is 2. The molecule has 2 aromatic carbocycles. The molecule has 19 heavy (non-hydrogen) atoms. The number of ketones is 1. The Hall–Kier alpha value is -1.19. The fraction of sp³-hybridized carbons (Fsp3) is 0.0625. The molecule has 0 fully saturated rings. The first-order valence-corrected chi connectivity index (χ1v) is 7.39. The van der Waals surface area contributed by atoms with E-state index in [1.54, 1.807) is 6.08 Å². The van der Waals surface area contributed by atoms with Gasteiger partial charge in [0.15, 0.2) is 5.78 Å². The zero-order valence-corrected chi connectivity index (χ0v) is 13.5. The molecule has 3 heteroatoms. The Labute approximate surface area is 129 Å². The number of hydrogen-bond acceptors (Lipinski definition) is 1. The fourth-order valence-electron chi connectivity index (χ4n) is 1.69. The van der Waals surface area contributed by atoms with Crippen molar-refractivity contribution in [3.63, 3.8) is 0 Å². The molecular formula is C16H12Br2O. The van der Waals surface area contributed by atoms with E-state index >= 15 is 0 Å². The van der Waals surface area contributed by atoms with E-state index in [1.165, 1.54) is 0 Å². The van der Waals surface area contributed by atoms with Crippen LogP contribution in [0, 0.1) is 0 Å². The van der Waals surface area contributed by atoms with E-state index in [1.807, 2.05) is 55.5 Å². The van der Waals surface area contributed by atoms with Gasteiger partial charge >= 0.3 is 0 Å². The Morgan fingerprint density at radius 3 is 1.74 bits per heavy atom. The molecule has 2 aromatic rings. The molecule has 0 aromatic heterocycles. The van der Waals surface area contributed by atoms with Crippen molar-refractivity contribution in [3.05, 3.63) is 74.7 Å². The van der Waals surface area contributed by atoms with Crippen LogP contribution >= 0.6 is 31.9 Å². The van der Waals surface area contributed by atoms with Gasteiger partial charge in [-0.25, -0.2) is 0 Å². The van der Waals surface area contributed by atoms with Gasteiger partial charge in [-0.15, -0.1) is 0 Å². The molecule has 0 saturated heterocycles. The maximum absolute atomic E-state index is 12.1. The van der Waals surface area contributed by atoms with E-state index in [2.05, 4.69) is 31.9 Å². The maximum atomic E-state index is 12.1. The highest BCUT2D eigenvalue weighted by Crippen LogP contribution is 2.19. The Bertz CT molecular complexity index is 610. The van der Waals surface area contributed by atoms with Crippen LogP contribution in [0.15, 0.2) is 63.6 Å². The average molecular weight is 380 g/mol. The molecule has 0 amide bonds. The first-order valence-electron chi connectivity index (χ1n) is 5.80. The monoisotopic (exact) mass is 378 g/mol. The second-order valence-corrected chi connectivity index (χ2v) is 6.04. The molecule has 0 radical (unpaired) electrons. The highest BCUT2D eigenvalue weighted by molar-refractivity contribution is 9.10. The van der Waals surface area contributed by atoms with Gasteiger partial charge in [0.1, 0.15) is 0 Å². The van der Waals surface area contributed by atoms with Gasteiger partial charge in [-0.1, -0.05) is 44.0 Å². The molecule has 1 nitrogen and oxygen atoms in total. The van der Waals surface area contributed by atoms with Crippen LogP contribution in [0.4, 0.5) is 0 Å². The van der Waals surface area contributed by atoms with E-state index < -0.39 is 0 Å². The molecule has 0 spiro atoms. The zero-order valence-electron chi connectivity index (χ0n) is 10.4. The Balaban J connectivity index is 2.22. The second kappa shape index (κ2) is 6.31. The van der Waals surface area contributed by atoms with E-state index in [0.29, 0.717) is 5.56 Å². The first-order chi connectivity index (χ1) is 9.06. The summed E-state index contributed by atoms with van der Waals surface area (Å²) in [5, 5.41) is 0. The van der Waals surface area contributed by atoms with Gasteiger partial charge in [0.05, 0.1) is 0 Å². The molecule has 2 rings (SSSR count). The summed E-state index contributed by atoms with van der Waals surface area (Å²) in [6.45, 7) is 1.94. The summed E-state index contributed by atoms with van der Waals surface area (Å²) in [5.74, 6) is 0.0212. The van der Waals surface area contributed by atoms with Crippen LogP contribution in [-0.2, 0) is 0 Å². The largest absolute Gasteiger partial charge is 0.289 e. The van der Waals surface area contributed by atoms with Gasteiger partial charge in [-0.2, -0.15) is 0 Å². The van der Waals surface area contributed by atoms with Gasteiger partial charge < -0.3 is 0 Å². The molecule has 0 saturated carbocycles. The normalized spacial score (nSPS) is 11.4. The SMILES string of the molecule is C/C(=C/C(=O)c1ccc(Br)cc1)c1ccc(Br)cc1. The second-order valence-electron chi connectivity index (χ2n) is 4.21. The van der Waals surface area contributed by atoms with Crippen molar-refractivity contribution in [2.75, 3.05) is 0 Å². The predicted octanol–water partition coefficient (Wildman–Crippen LogP) is 5.50. The number of hydrogen-bond donors (Lipinski definition) is 0. The standard InChI is InChI=1S/C16H12Br2O/c1-11(12-2-6-14(17)7-3-12)10-16(19)13-4-8-15(18)9-5-13/h2-10H,1H3/b11-10-. The summed E-state index contributed by atoms with van der Waals surface area (Å²) in [4.78, 5) is 12.1. The van der Waals surface area contributed by atoms with Crippen LogP contribution in [0.5, 0.6) is 0 Å². The lowest BCUT2D eigenvalue weighted by Gasteiger charge is -2.02. The van der Waals surface area contributed by atoms with Crippen LogP contribution in [0.25, 0.3) is 5.57 Å². The summed E-state index contributed by atoms with van der Waals surface area (Å²) in [6.07, 6.45) is 1.67. The number of carbonyl (C=O) groups excluding carboxylic acids is 1. The topological polar surface area (TPSA) is 17.1 Å². The number of benzene rings is 2. The van der Waals surface area contributed by atoms with Gasteiger partial charge in [-0.3, -0.25) is 4.79 Å². The van der Waals surface area contributed by atoms with Gasteiger partial charge in [0.25, 0.3) is 0 Å². The molecule has 0 aliphatic heterocycles. The minimum Gasteiger partial charge on any atom is -0.289 e. The fourth-order valence-corrected chi connectivity index (χ4v) is 2.22. The first kappa shape index (κ1) is 14.2. The van der Waals surface area contributed by atoms with Gasteiger partial charge in [-0.05, 0) is 60.5 Å². The van der Waals surface area contributed by atoms with Crippen molar-refractivity contribution >= 4 is 43.2 Å². The molecule has 0 atom stereocenters. The predicted molar refractivity (Wildman–Crippen MR) is 86.3 cm³/mol. The van der Waals surface area contributed by atoms with Crippen LogP contribution in [-0.4, -0.2) is 5.78 Å². The van der Waals surface area contributed by atoms with Crippen molar-refractivity contribution in [2.45, 2.75) is 6.92 Å². The van der Waals surface area contributed by atoms with E-state index in [-0.39, 0.29) is 5.78 Å². The van der Waals surface area contributed by atoms with Crippen LogP contribution in [0.1, 0.15) is 22.8 Å². The molecule has 96 valence electrons. The number of halogens is 2. The van der Waals surface area contributed by atoms with Crippen molar-refractivity contribution in [1.29, 1.82) is 0 Å². The number of carbonyl (C=O) groups is 1. The lowest BCUT2D eigenvalue weighted by Crippen LogP contribution is -1.95. The van der Waals surface area contributed by atoms with Gasteiger partial charge in [0.2, 0.25) is 0 Å². The van der Waals surface area contributed by atoms with Crippen LogP contribution < -0.4 is 0 Å². The van der Waals surface area contributed by atoms with Crippen molar-refractivity contribution in [3.8, 4) is 0 Å².